The summed E-state index contributed by atoms with van der Waals surface area (Å²) in [6, 6.07) is 7.99. The van der Waals surface area contributed by atoms with Crippen molar-refractivity contribution in [1.82, 2.24) is 10.3 Å². The normalized spacial score (nSPS) is 12.4. The number of halogens is 3. The number of nitrogens with zero attached hydrogens (tertiary/aromatic N) is 1. The third kappa shape index (κ3) is 4.96. The lowest BCUT2D eigenvalue weighted by Crippen LogP contribution is -2.33. The summed E-state index contributed by atoms with van der Waals surface area (Å²) in [5.74, 6) is 0. The van der Waals surface area contributed by atoms with Crippen molar-refractivity contribution in [3.05, 3.63) is 62.3 Å². The van der Waals surface area contributed by atoms with Gasteiger partial charge in [-0.3, -0.25) is 4.98 Å². The molecule has 21 heavy (non-hydrogen) atoms. The predicted octanol–water partition coefficient (Wildman–Crippen LogP) is 4.91. The van der Waals surface area contributed by atoms with Gasteiger partial charge in [-0.05, 0) is 64.6 Å². The summed E-state index contributed by atoms with van der Waals surface area (Å²) in [5.41, 5.74) is 2.17. The second-order valence-corrected chi connectivity index (χ2v) is 6.60. The molecule has 0 aliphatic heterocycles. The third-order valence-electron chi connectivity index (χ3n) is 3.25. The standard InChI is InChI=1S/C16H17BrCl2N2/c1-2-21-13(7-11-6-12(17)10-20-9-11)8-14-15(18)4-3-5-16(14)19/h3-6,9-10,13,21H,2,7-8H2,1H3. The Kier molecular flexibility index (Phi) is 6.49. The van der Waals surface area contributed by atoms with E-state index < -0.39 is 0 Å². The van der Waals surface area contributed by atoms with Crippen molar-refractivity contribution in [2.45, 2.75) is 25.8 Å². The molecule has 0 fully saturated rings. The van der Waals surface area contributed by atoms with Crippen LogP contribution in [-0.4, -0.2) is 17.6 Å². The van der Waals surface area contributed by atoms with Crippen molar-refractivity contribution < 1.29 is 0 Å². The second-order valence-electron chi connectivity index (χ2n) is 4.87. The van der Waals surface area contributed by atoms with E-state index >= 15 is 0 Å². The molecule has 1 heterocycles. The summed E-state index contributed by atoms with van der Waals surface area (Å²) in [4.78, 5) is 4.21. The van der Waals surface area contributed by atoms with Crippen LogP contribution in [0.15, 0.2) is 41.1 Å². The average molecular weight is 388 g/mol. The van der Waals surface area contributed by atoms with Gasteiger partial charge >= 0.3 is 0 Å². The molecular formula is C16H17BrCl2N2. The number of pyridine rings is 1. The summed E-state index contributed by atoms with van der Waals surface area (Å²) in [6.45, 7) is 2.99. The maximum atomic E-state index is 6.27. The fourth-order valence-electron chi connectivity index (χ4n) is 2.33. The van der Waals surface area contributed by atoms with Gasteiger partial charge in [0.1, 0.15) is 0 Å². The summed E-state index contributed by atoms with van der Waals surface area (Å²) >= 11 is 16.0. The lowest BCUT2D eigenvalue weighted by molar-refractivity contribution is 0.521. The Balaban J connectivity index is 2.16. The highest BCUT2D eigenvalue weighted by Gasteiger charge is 2.14. The van der Waals surface area contributed by atoms with Crippen LogP contribution in [0.2, 0.25) is 10.0 Å². The minimum absolute atomic E-state index is 0.267. The van der Waals surface area contributed by atoms with Crippen LogP contribution in [0.3, 0.4) is 0 Å². The molecule has 0 radical (unpaired) electrons. The molecule has 0 spiro atoms. The number of hydrogen-bond donors (Lipinski definition) is 1. The Morgan fingerprint density at radius 1 is 1.19 bits per heavy atom. The highest BCUT2D eigenvalue weighted by molar-refractivity contribution is 9.10. The van der Waals surface area contributed by atoms with Crippen LogP contribution >= 0.6 is 39.1 Å². The van der Waals surface area contributed by atoms with E-state index in [4.69, 9.17) is 23.2 Å². The maximum Gasteiger partial charge on any atom is 0.0453 e. The van der Waals surface area contributed by atoms with Gasteiger partial charge in [-0.25, -0.2) is 0 Å². The summed E-state index contributed by atoms with van der Waals surface area (Å²) < 4.78 is 0.992. The fraction of sp³-hybridized carbons (Fsp3) is 0.312. The molecule has 2 aromatic rings. The zero-order valence-electron chi connectivity index (χ0n) is 11.7. The molecule has 1 atom stereocenters. The number of likely N-dealkylation sites (N-methyl/N-ethyl adjacent to an activating group) is 1. The van der Waals surface area contributed by atoms with Gasteiger partial charge in [-0.15, -0.1) is 0 Å². The monoisotopic (exact) mass is 386 g/mol. The summed E-state index contributed by atoms with van der Waals surface area (Å²) in [7, 11) is 0. The topological polar surface area (TPSA) is 24.9 Å². The van der Waals surface area contributed by atoms with Crippen molar-refractivity contribution in [3.63, 3.8) is 0 Å². The van der Waals surface area contributed by atoms with E-state index in [0.29, 0.717) is 0 Å². The van der Waals surface area contributed by atoms with E-state index in [1.807, 2.05) is 24.4 Å². The fourth-order valence-corrected chi connectivity index (χ4v) is 3.29. The Morgan fingerprint density at radius 2 is 1.90 bits per heavy atom. The third-order valence-corrected chi connectivity index (χ3v) is 4.39. The van der Waals surface area contributed by atoms with Crippen LogP contribution < -0.4 is 5.32 Å². The van der Waals surface area contributed by atoms with Gasteiger partial charge in [0.15, 0.2) is 0 Å². The van der Waals surface area contributed by atoms with E-state index in [0.717, 1.165) is 39.5 Å². The number of aromatic nitrogens is 1. The van der Waals surface area contributed by atoms with Crippen LogP contribution in [0.4, 0.5) is 0 Å². The largest absolute Gasteiger partial charge is 0.314 e. The molecule has 1 unspecified atom stereocenters. The van der Waals surface area contributed by atoms with Gasteiger partial charge < -0.3 is 5.32 Å². The molecule has 0 saturated carbocycles. The Bertz CT molecular complexity index is 584. The zero-order chi connectivity index (χ0) is 15.2. The summed E-state index contributed by atoms with van der Waals surface area (Å²) in [5, 5.41) is 4.93. The van der Waals surface area contributed by atoms with Crippen molar-refractivity contribution in [2.75, 3.05) is 6.54 Å². The van der Waals surface area contributed by atoms with Crippen LogP contribution in [0.1, 0.15) is 18.1 Å². The minimum Gasteiger partial charge on any atom is -0.314 e. The first-order valence-electron chi connectivity index (χ1n) is 6.86. The van der Waals surface area contributed by atoms with Gasteiger partial charge in [0.05, 0.1) is 0 Å². The molecule has 1 N–H and O–H groups in total. The van der Waals surface area contributed by atoms with Crippen LogP contribution in [0.5, 0.6) is 0 Å². The first kappa shape index (κ1) is 16.8. The van der Waals surface area contributed by atoms with E-state index in [-0.39, 0.29) is 6.04 Å². The van der Waals surface area contributed by atoms with Crippen molar-refractivity contribution >= 4 is 39.1 Å². The molecule has 0 saturated heterocycles. The Hall–Kier alpha value is -0.610. The molecule has 0 amide bonds. The van der Waals surface area contributed by atoms with Gasteiger partial charge in [0, 0.05) is 33.0 Å². The molecule has 5 heteroatoms. The average Bonchev–Trinajstić information content (AvgIpc) is 2.43. The molecular weight excluding hydrogens is 371 g/mol. The molecule has 2 rings (SSSR count). The number of hydrogen-bond acceptors (Lipinski definition) is 2. The van der Waals surface area contributed by atoms with Gasteiger partial charge in [0.25, 0.3) is 0 Å². The summed E-state index contributed by atoms with van der Waals surface area (Å²) in [6.07, 6.45) is 5.35. The number of rotatable bonds is 6. The van der Waals surface area contributed by atoms with Gasteiger partial charge in [0.2, 0.25) is 0 Å². The lowest BCUT2D eigenvalue weighted by atomic mass is 9.99. The molecule has 1 aromatic carbocycles. The van der Waals surface area contributed by atoms with Crippen molar-refractivity contribution in [2.24, 2.45) is 0 Å². The van der Waals surface area contributed by atoms with E-state index in [1.54, 1.807) is 6.20 Å². The van der Waals surface area contributed by atoms with Gasteiger partial charge in [-0.1, -0.05) is 36.2 Å². The second kappa shape index (κ2) is 8.14. The van der Waals surface area contributed by atoms with E-state index in [1.165, 1.54) is 5.56 Å². The number of nitrogens with one attached hydrogen (secondary N) is 1. The molecule has 2 nitrogen and oxygen atoms in total. The van der Waals surface area contributed by atoms with Crippen LogP contribution in [0.25, 0.3) is 0 Å². The van der Waals surface area contributed by atoms with Gasteiger partial charge in [-0.2, -0.15) is 0 Å². The molecule has 112 valence electrons. The number of benzene rings is 1. The first-order chi connectivity index (χ1) is 10.1. The molecule has 0 aliphatic rings. The van der Waals surface area contributed by atoms with Crippen molar-refractivity contribution in [1.29, 1.82) is 0 Å². The highest BCUT2D eigenvalue weighted by atomic mass is 79.9. The molecule has 1 aromatic heterocycles. The maximum absolute atomic E-state index is 6.27. The lowest BCUT2D eigenvalue weighted by Gasteiger charge is -2.19. The Labute approximate surface area is 144 Å². The smallest absolute Gasteiger partial charge is 0.0453 e. The van der Waals surface area contributed by atoms with Crippen LogP contribution in [-0.2, 0) is 12.8 Å². The van der Waals surface area contributed by atoms with Crippen molar-refractivity contribution in [3.8, 4) is 0 Å². The van der Waals surface area contributed by atoms with Crippen LogP contribution in [0, 0.1) is 0 Å². The van der Waals surface area contributed by atoms with E-state index in [2.05, 4.69) is 39.2 Å². The first-order valence-corrected chi connectivity index (χ1v) is 8.40. The molecule has 0 bridgehead atoms. The SMILES string of the molecule is CCNC(Cc1cncc(Br)c1)Cc1c(Cl)cccc1Cl. The minimum atomic E-state index is 0.267. The van der Waals surface area contributed by atoms with E-state index in [9.17, 15) is 0 Å². The molecule has 0 aliphatic carbocycles. The predicted molar refractivity (Wildman–Crippen MR) is 93.3 cm³/mol. The zero-order valence-corrected chi connectivity index (χ0v) is 14.8. The quantitative estimate of drug-likeness (QED) is 0.761. The Morgan fingerprint density at radius 3 is 2.52 bits per heavy atom. The highest BCUT2D eigenvalue weighted by Crippen LogP contribution is 2.26.